The van der Waals surface area contributed by atoms with Crippen molar-refractivity contribution in [3.63, 3.8) is 0 Å². The van der Waals surface area contributed by atoms with E-state index in [4.69, 9.17) is 10.5 Å². The fourth-order valence-electron chi connectivity index (χ4n) is 2.33. The van der Waals surface area contributed by atoms with E-state index in [1.165, 1.54) is 7.11 Å². The van der Waals surface area contributed by atoms with Crippen molar-refractivity contribution in [3.05, 3.63) is 23.9 Å². The van der Waals surface area contributed by atoms with Crippen molar-refractivity contribution >= 4 is 11.8 Å². The largest absolute Gasteiger partial charge is 0.465 e. The molecule has 1 aromatic rings. The van der Waals surface area contributed by atoms with Gasteiger partial charge in [0.15, 0.2) is 0 Å². The summed E-state index contributed by atoms with van der Waals surface area (Å²) >= 11 is 0. The summed E-state index contributed by atoms with van der Waals surface area (Å²) in [6.45, 7) is 3.75. The molecule has 2 heterocycles. The predicted octanol–water partition coefficient (Wildman–Crippen LogP) is 1.04. The maximum absolute atomic E-state index is 11.7. The van der Waals surface area contributed by atoms with E-state index in [-0.39, 0.29) is 12.0 Å². The van der Waals surface area contributed by atoms with Crippen LogP contribution in [0.5, 0.6) is 0 Å². The topological polar surface area (TPSA) is 68.5 Å². The molecule has 18 heavy (non-hydrogen) atoms. The van der Waals surface area contributed by atoms with Crippen molar-refractivity contribution in [2.75, 3.05) is 25.1 Å². The number of nitrogens with two attached hydrogens (primary N) is 1. The van der Waals surface area contributed by atoms with Crippen LogP contribution in [0.25, 0.3) is 0 Å². The Balaban J connectivity index is 2.22. The Kier molecular flexibility index (Phi) is 3.81. The summed E-state index contributed by atoms with van der Waals surface area (Å²) in [6, 6.07) is 3.66. The lowest BCUT2D eigenvalue weighted by Gasteiger charge is -2.20. The molecule has 0 spiro atoms. The highest BCUT2D eigenvalue weighted by atomic mass is 16.5. The summed E-state index contributed by atoms with van der Waals surface area (Å²) in [4.78, 5) is 18.1. The van der Waals surface area contributed by atoms with E-state index in [9.17, 15) is 4.79 Å². The van der Waals surface area contributed by atoms with E-state index >= 15 is 0 Å². The number of nitrogens with zero attached hydrogens (tertiary/aromatic N) is 2. The predicted molar refractivity (Wildman–Crippen MR) is 69.5 cm³/mol. The van der Waals surface area contributed by atoms with Gasteiger partial charge in [-0.2, -0.15) is 0 Å². The number of rotatable bonds is 3. The van der Waals surface area contributed by atoms with E-state index < -0.39 is 0 Å². The van der Waals surface area contributed by atoms with Crippen molar-refractivity contribution in [2.45, 2.75) is 19.4 Å². The molecule has 1 aliphatic heterocycles. The van der Waals surface area contributed by atoms with Crippen molar-refractivity contribution in [1.29, 1.82) is 0 Å². The van der Waals surface area contributed by atoms with E-state index in [1.54, 1.807) is 18.3 Å². The number of methoxy groups -OCH3 is 1. The van der Waals surface area contributed by atoms with Crippen LogP contribution in [0.2, 0.25) is 0 Å². The minimum atomic E-state index is -0.345. The summed E-state index contributed by atoms with van der Waals surface area (Å²) in [7, 11) is 1.38. The number of hydrogen-bond acceptors (Lipinski definition) is 5. The molecule has 1 fully saturated rings. The SMILES string of the molecule is COC(=O)c1cccnc1N1CCC(C(C)N)C1. The van der Waals surface area contributed by atoms with Crippen molar-refractivity contribution in [3.8, 4) is 0 Å². The van der Waals surface area contributed by atoms with Crippen LogP contribution >= 0.6 is 0 Å². The number of anilines is 1. The Morgan fingerprint density at radius 2 is 2.44 bits per heavy atom. The highest BCUT2D eigenvalue weighted by Crippen LogP contribution is 2.26. The molecule has 0 aliphatic carbocycles. The van der Waals surface area contributed by atoms with Gasteiger partial charge in [-0.05, 0) is 31.4 Å². The number of carbonyl (C=O) groups is 1. The zero-order valence-electron chi connectivity index (χ0n) is 10.8. The summed E-state index contributed by atoms with van der Waals surface area (Å²) in [6.07, 6.45) is 2.73. The molecule has 0 bridgehead atoms. The van der Waals surface area contributed by atoms with Crippen LogP contribution < -0.4 is 10.6 Å². The molecule has 2 rings (SSSR count). The third-order valence-corrected chi connectivity index (χ3v) is 3.46. The molecule has 1 saturated heterocycles. The minimum absolute atomic E-state index is 0.167. The van der Waals surface area contributed by atoms with Gasteiger partial charge in [0.25, 0.3) is 0 Å². The molecule has 2 N–H and O–H groups in total. The maximum Gasteiger partial charge on any atom is 0.341 e. The molecule has 0 amide bonds. The fraction of sp³-hybridized carbons (Fsp3) is 0.538. The first kappa shape index (κ1) is 12.8. The second kappa shape index (κ2) is 5.35. The van der Waals surface area contributed by atoms with E-state index in [2.05, 4.69) is 9.88 Å². The summed E-state index contributed by atoms with van der Waals surface area (Å²) in [5, 5.41) is 0. The van der Waals surface area contributed by atoms with Gasteiger partial charge in [-0.1, -0.05) is 0 Å². The Morgan fingerprint density at radius 1 is 1.67 bits per heavy atom. The number of pyridine rings is 1. The monoisotopic (exact) mass is 249 g/mol. The van der Waals surface area contributed by atoms with Crippen molar-refractivity contribution < 1.29 is 9.53 Å². The van der Waals surface area contributed by atoms with E-state index in [0.29, 0.717) is 17.3 Å². The van der Waals surface area contributed by atoms with Gasteiger partial charge >= 0.3 is 5.97 Å². The van der Waals surface area contributed by atoms with E-state index in [1.807, 2.05) is 6.92 Å². The van der Waals surface area contributed by atoms with Crippen molar-refractivity contribution in [2.24, 2.45) is 11.7 Å². The van der Waals surface area contributed by atoms with Crippen molar-refractivity contribution in [1.82, 2.24) is 4.98 Å². The average Bonchev–Trinajstić information content (AvgIpc) is 2.87. The Bertz CT molecular complexity index is 434. The van der Waals surface area contributed by atoms with Crippen LogP contribution in [0.1, 0.15) is 23.7 Å². The molecule has 2 atom stereocenters. The number of ether oxygens (including phenoxy) is 1. The van der Waals surface area contributed by atoms with Gasteiger partial charge < -0.3 is 15.4 Å². The van der Waals surface area contributed by atoms with Crippen LogP contribution in [-0.2, 0) is 4.74 Å². The highest BCUT2D eigenvalue weighted by Gasteiger charge is 2.28. The minimum Gasteiger partial charge on any atom is -0.465 e. The molecule has 98 valence electrons. The highest BCUT2D eigenvalue weighted by molar-refractivity contribution is 5.94. The van der Waals surface area contributed by atoms with Gasteiger partial charge in [0, 0.05) is 25.3 Å². The van der Waals surface area contributed by atoms with E-state index in [0.717, 1.165) is 19.5 Å². The first-order valence-electron chi connectivity index (χ1n) is 6.17. The van der Waals surface area contributed by atoms with Gasteiger partial charge in [0.05, 0.1) is 7.11 Å². The van der Waals surface area contributed by atoms with Gasteiger partial charge in [-0.25, -0.2) is 9.78 Å². The summed E-state index contributed by atoms with van der Waals surface area (Å²) < 4.78 is 4.78. The quantitative estimate of drug-likeness (QED) is 0.811. The van der Waals surface area contributed by atoms with Crippen LogP contribution in [-0.4, -0.2) is 37.2 Å². The smallest absolute Gasteiger partial charge is 0.341 e. The first-order chi connectivity index (χ1) is 8.63. The third kappa shape index (κ3) is 2.46. The summed E-state index contributed by atoms with van der Waals surface area (Å²) in [5.41, 5.74) is 6.44. The Labute approximate surface area is 107 Å². The third-order valence-electron chi connectivity index (χ3n) is 3.46. The second-order valence-corrected chi connectivity index (χ2v) is 4.72. The average molecular weight is 249 g/mol. The lowest BCUT2D eigenvalue weighted by molar-refractivity contribution is 0.0601. The molecule has 2 unspecified atom stereocenters. The van der Waals surface area contributed by atoms with Gasteiger partial charge in [0.1, 0.15) is 11.4 Å². The zero-order valence-corrected chi connectivity index (χ0v) is 10.8. The Hall–Kier alpha value is -1.62. The number of hydrogen-bond donors (Lipinski definition) is 1. The summed E-state index contributed by atoms with van der Waals surface area (Å²) in [5.74, 6) is 0.812. The fourth-order valence-corrected chi connectivity index (χ4v) is 2.33. The number of carbonyl (C=O) groups excluding carboxylic acids is 1. The second-order valence-electron chi connectivity index (χ2n) is 4.72. The molecule has 0 aromatic carbocycles. The first-order valence-corrected chi connectivity index (χ1v) is 6.17. The van der Waals surface area contributed by atoms with Crippen LogP contribution in [0.15, 0.2) is 18.3 Å². The maximum atomic E-state index is 11.7. The standard InChI is InChI=1S/C13H19N3O2/c1-9(14)10-5-7-16(8-10)12-11(13(17)18-2)4-3-6-15-12/h3-4,6,9-10H,5,7-8,14H2,1-2H3. The number of aromatic nitrogens is 1. The van der Waals surface area contributed by atoms with Gasteiger partial charge in [-0.3, -0.25) is 0 Å². The molecule has 1 aromatic heterocycles. The molecule has 1 aliphatic rings. The molecule has 5 heteroatoms. The molecule has 0 saturated carbocycles. The zero-order chi connectivity index (χ0) is 13.1. The van der Waals surface area contributed by atoms with Gasteiger partial charge in [0.2, 0.25) is 0 Å². The lowest BCUT2D eigenvalue weighted by atomic mass is 10.0. The number of esters is 1. The van der Waals surface area contributed by atoms with Gasteiger partial charge in [-0.15, -0.1) is 0 Å². The Morgan fingerprint density at radius 3 is 3.06 bits per heavy atom. The van der Waals surface area contributed by atoms with Crippen LogP contribution in [0, 0.1) is 5.92 Å². The molecule has 0 radical (unpaired) electrons. The molecule has 5 nitrogen and oxygen atoms in total. The van der Waals surface area contributed by atoms with Crippen LogP contribution in [0.4, 0.5) is 5.82 Å². The molecular weight excluding hydrogens is 230 g/mol. The normalized spacial score (nSPS) is 20.8. The van der Waals surface area contributed by atoms with Crippen LogP contribution in [0.3, 0.4) is 0 Å². The lowest BCUT2D eigenvalue weighted by Crippen LogP contribution is -2.30. The molecular formula is C13H19N3O2.